The zero-order valence-electron chi connectivity index (χ0n) is 19.2. The second-order valence-corrected chi connectivity index (χ2v) is 10.2. The van der Waals surface area contributed by atoms with Gasteiger partial charge in [-0.15, -0.1) is 23.1 Å². The fourth-order valence-electron chi connectivity index (χ4n) is 3.28. The van der Waals surface area contributed by atoms with Gasteiger partial charge < -0.3 is 10.6 Å². The lowest BCUT2D eigenvalue weighted by atomic mass is 10.1. The van der Waals surface area contributed by atoms with E-state index < -0.39 is 0 Å². The number of carbonyl (C=O) groups excluding carboxylic acids is 2. The van der Waals surface area contributed by atoms with Crippen molar-refractivity contribution in [2.75, 3.05) is 16.4 Å². The van der Waals surface area contributed by atoms with Gasteiger partial charge in [0.1, 0.15) is 0 Å². The minimum absolute atomic E-state index is 0.106. The van der Waals surface area contributed by atoms with Crippen molar-refractivity contribution in [3.05, 3.63) is 94.4 Å². The van der Waals surface area contributed by atoms with E-state index in [1.807, 2.05) is 62.4 Å². The Morgan fingerprint density at radius 1 is 0.824 bits per heavy atom. The van der Waals surface area contributed by atoms with Crippen LogP contribution in [0.2, 0.25) is 0 Å². The molecule has 4 rings (SSSR count). The average Bonchev–Trinajstić information content (AvgIpc) is 3.19. The summed E-state index contributed by atoms with van der Waals surface area (Å²) >= 11 is 2.91. The normalized spacial score (nSPS) is 10.7. The van der Waals surface area contributed by atoms with Crippen molar-refractivity contribution >= 4 is 45.7 Å². The summed E-state index contributed by atoms with van der Waals surface area (Å²) in [4.78, 5) is 31.4. The number of hydrogen-bond acceptors (Lipinski definition) is 5. The average molecular weight is 488 g/mol. The minimum Gasteiger partial charge on any atom is -0.322 e. The molecule has 0 fully saturated rings. The maximum atomic E-state index is 12.5. The van der Waals surface area contributed by atoms with Crippen LogP contribution in [0, 0.1) is 20.8 Å². The van der Waals surface area contributed by atoms with Crippen molar-refractivity contribution in [1.82, 2.24) is 4.98 Å². The van der Waals surface area contributed by atoms with Crippen molar-refractivity contribution in [2.24, 2.45) is 0 Å². The Hall–Kier alpha value is -3.42. The standard InChI is InChI=1S/C27H25N3O2S2/c1-17-4-8-20(9-5-17)25-19(3)34-27(30-25)29-24(31)16-33-23-14-12-22(13-15-23)28-26(32)21-10-6-18(2)7-11-21/h4-15H,16H2,1-3H3,(H,28,32)(H,29,30,31). The van der Waals surface area contributed by atoms with Crippen LogP contribution in [0.3, 0.4) is 0 Å². The largest absolute Gasteiger partial charge is 0.322 e. The zero-order valence-corrected chi connectivity index (χ0v) is 20.8. The molecular weight excluding hydrogens is 462 g/mol. The van der Waals surface area contributed by atoms with E-state index in [1.165, 1.54) is 28.7 Å². The van der Waals surface area contributed by atoms with Crippen LogP contribution in [-0.2, 0) is 4.79 Å². The fraction of sp³-hybridized carbons (Fsp3) is 0.148. The van der Waals surface area contributed by atoms with Gasteiger partial charge >= 0.3 is 0 Å². The third-order valence-corrected chi connectivity index (χ3v) is 7.06. The smallest absolute Gasteiger partial charge is 0.255 e. The van der Waals surface area contributed by atoms with Gasteiger partial charge in [-0.2, -0.15) is 0 Å². The number of aromatic nitrogens is 1. The molecule has 5 nitrogen and oxygen atoms in total. The van der Waals surface area contributed by atoms with Gasteiger partial charge in [0.05, 0.1) is 11.4 Å². The molecule has 3 aromatic carbocycles. The van der Waals surface area contributed by atoms with Gasteiger partial charge in [-0.3, -0.25) is 9.59 Å². The number of nitrogens with one attached hydrogen (secondary N) is 2. The van der Waals surface area contributed by atoms with Crippen LogP contribution in [0.1, 0.15) is 26.4 Å². The minimum atomic E-state index is -0.150. The maximum Gasteiger partial charge on any atom is 0.255 e. The Kier molecular flexibility index (Phi) is 7.45. The first kappa shape index (κ1) is 23.7. The number of amides is 2. The van der Waals surface area contributed by atoms with Crippen molar-refractivity contribution in [1.29, 1.82) is 0 Å². The van der Waals surface area contributed by atoms with Gasteiger partial charge in [-0.1, -0.05) is 47.5 Å². The van der Waals surface area contributed by atoms with E-state index in [2.05, 4.69) is 34.7 Å². The van der Waals surface area contributed by atoms with Crippen LogP contribution >= 0.6 is 23.1 Å². The van der Waals surface area contributed by atoms with Crippen LogP contribution in [0.5, 0.6) is 0 Å². The molecule has 2 amide bonds. The number of rotatable bonds is 7. The van der Waals surface area contributed by atoms with Crippen molar-refractivity contribution < 1.29 is 9.59 Å². The lowest BCUT2D eigenvalue weighted by Crippen LogP contribution is -2.13. The summed E-state index contributed by atoms with van der Waals surface area (Å²) in [6, 6.07) is 23.1. The monoisotopic (exact) mass is 487 g/mol. The fourth-order valence-corrected chi connectivity index (χ4v) is 4.83. The van der Waals surface area contributed by atoms with E-state index in [-0.39, 0.29) is 17.6 Å². The van der Waals surface area contributed by atoms with Crippen LogP contribution in [0.25, 0.3) is 11.3 Å². The van der Waals surface area contributed by atoms with Gasteiger partial charge in [-0.25, -0.2) is 4.98 Å². The highest BCUT2D eigenvalue weighted by Gasteiger charge is 2.13. The summed E-state index contributed by atoms with van der Waals surface area (Å²) in [6.07, 6.45) is 0. The molecule has 172 valence electrons. The maximum absolute atomic E-state index is 12.5. The predicted molar refractivity (Wildman–Crippen MR) is 142 cm³/mol. The predicted octanol–water partition coefficient (Wildman–Crippen LogP) is 6.72. The lowest BCUT2D eigenvalue weighted by molar-refractivity contribution is -0.113. The second kappa shape index (κ2) is 10.7. The number of thiazole rings is 1. The Bertz CT molecular complexity index is 1300. The van der Waals surface area contributed by atoms with E-state index in [1.54, 1.807) is 12.1 Å². The third kappa shape index (κ3) is 6.12. The molecular formula is C27H25N3O2S2. The lowest BCUT2D eigenvalue weighted by Gasteiger charge is -2.07. The molecule has 34 heavy (non-hydrogen) atoms. The quantitative estimate of drug-likeness (QED) is 0.284. The zero-order chi connectivity index (χ0) is 24.1. The molecule has 1 heterocycles. The first-order valence-electron chi connectivity index (χ1n) is 10.8. The van der Waals surface area contributed by atoms with E-state index in [4.69, 9.17) is 0 Å². The van der Waals surface area contributed by atoms with Gasteiger partial charge in [0, 0.05) is 26.6 Å². The molecule has 0 aliphatic carbocycles. The summed E-state index contributed by atoms with van der Waals surface area (Å²) in [5.41, 5.74) is 5.58. The topological polar surface area (TPSA) is 71.1 Å². The number of anilines is 2. The summed E-state index contributed by atoms with van der Waals surface area (Å²) in [6.45, 7) is 6.05. The first-order chi connectivity index (χ1) is 16.4. The Morgan fingerprint density at radius 2 is 1.44 bits per heavy atom. The number of thioether (sulfide) groups is 1. The van der Waals surface area contributed by atoms with Gasteiger partial charge in [0.25, 0.3) is 5.91 Å². The summed E-state index contributed by atoms with van der Waals surface area (Å²) in [7, 11) is 0. The molecule has 0 unspecified atom stereocenters. The van der Waals surface area contributed by atoms with Crippen LogP contribution in [0.4, 0.5) is 10.8 Å². The van der Waals surface area contributed by atoms with Gasteiger partial charge in [-0.05, 0) is 57.2 Å². The van der Waals surface area contributed by atoms with E-state index in [9.17, 15) is 9.59 Å². The summed E-state index contributed by atoms with van der Waals surface area (Å²) in [5.74, 6) is 0.0163. The SMILES string of the molecule is Cc1ccc(C(=O)Nc2ccc(SCC(=O)Nc3nc(-c4ccc(C)cc4)c(C)s3)cc2)cc1. The molecule has 7 heteroatoms. The molecule has 2 N–H and O–H groups in total. The second-order valence-electron chi connectivity index (χ2n) is 7.97. The third-order valence-electron chi connectivity index (χ3n) is 5.16. The molecule has 4 aromatic rings. The van der Waals surface area contributed by atoms with Crippen molar-refractivity contribution in [3.8, 4) is 11.3 Å². The number of nitrogens with zero attached hydrogens (tertiary/aromatic N) is 1. The molecule has 1 aromatic heterocycles. The highest BCUT2D eigenvalue weighted by Crippen LogP contribution is 2.31. The molecule has 0 atom stereocenters. The molecule has 0 radical (unpaired) electrons. The van der Waals surface area contributed by atoms with Crippen LogP contribution in [0.15, 0.2) is 77.7 Å². The molecule has 0 aliphatic rings. The van der Waals surface area contributed by atoms with Crippen LogP contribution < -0.4 is 10.6 Å². The highest BCUT2D eigenvalue weighted by atomic mass is 32.2. The molecule has 0 saturated heterocycles. The van der Waals surface area contributed by atoms with Crippen molar-refractivity contribution in [3.63, 3.8) is 0 Å². The van der Waals surface area contributed by atoms with E-state index in [0.29, 0.717) is 16.4 Å². The van der Waals surface area contributed by atoms with E-state index >= 15 is 0 Å². The Morgan fingerprint density at radius 3 is 2.09 bits per heavy atom. The van der Waals surface area contributed by atoms with Gasteiger partial charge in [0.2, 0.25) is 5.91 Å². The summed E-state index contributed by atoms with van der Waals surface area (Å²) in [5, 5.41) is 6.40. The Labute approximate surface area is 207 Å². The number of carbonyl (C=O) groups is 2. The number of hydrogen-bond donors (Lipinski definition) is 2. The first-order valence-corrected chi connectivity index (χ1v) is 12.6. The van der Waals surface area contributed by atoms with Gasteiger partial charge in [0.15, 0.2) is 5.13 Å². The van der Waals surface area contributed by atoms with Crippen molar-refractivity contribution in [2.45, 2.75) is 25.7 Å². The summed E-state index contributed by atoms with van der Waals surface area (Å²) < 4.78 is 0. The molecule has 0 bridgehead atoms. The highest BCUT2D eigenvalue weighted by molar-refractivity contribution is 8.00. The Balaban J connectivity index is 1.29. The molecule has 0 spiro atoms. The molecule has 0 saturated carbocycles. The van der Waals surface area contributed by atoms with Crippen LogP contribution in [-0.4, -0.2) is 22.6 Å². The van der Waals surface area contributed by atoms with E-state index in [0.717, 1.165) is 26.6 Å². The number of aryl methyl sites for hydroxylation is 3. The number of benzene rings is 3. The molecule has 0 aliphatic heterocycles.